The molecule has 28 heavy (non-hydrogen) atoms. The molecule has 148 valence electrons. The van der Waals surface area contributed by atoms with Gasteiger partial charge in [0.15, 0.2) is 0 Å². The van der Waals surface area contributed by atoms with Crippen molar-refractivity contribution >= 4 is 17.6 Å². The molecule has 7 heteroatoms. The first-order chi connectivity index (χ1) is 13.7. The van der Waals surface area contributed by atoms with E-state index >= 15 is 0 Å². The summed E-state index contributed by atoms with van der Waals surface area (Å²) in [6, 6.07) is 2.12. The summed E-state index contributed by atoms with van der Waals surface area (Å²) in [6.45, 7) is 10.1. The maximum Gasteiger partial charge on any atom is 0.227 e. The smallest absolute Gasteiger partial charge is 0.227 e. The number of hydrogen-bond donors (Lipinski definition) is 0. The molecule has 0 amide bonds. The minimum absolute atomic E-state index is 0.880. The van der Waals surface area contributed by atoms with Crippen molar-refractivity contribution in [2.75, 3.05) is 54.0 Å². The maximum atomic E-state index is 4.91. The molecule has 0 spiro atoms. The largest absolute Gasteiger partial charge is 0.356 e. The van der Waals surface area contributed by atoms with Crippen LogP contribution < -0.4 is 14.7 Å². The van der Waals surface area contributed by atoms with E-state index in [1.807, 2.05) is 6.92 Å². The second-order valence-corrected chi connectivity index (χ2v) is 8.21. The van der Waals surface area contributed by atoms with Gasteiger partial charge in [0.25, 0.3) is 0 Å². The Morgan fingerprint density at radius 3 is 2.25 bits per heavy atom. The van der Waals surface area contributed by atoms with Gasteiger partial charge in [-0.15, -0.1) is 0 Å². The van der Waals surface area contributed by atoms with Gasteiger partial charge in [-0.1, -0.05) is 0 Å². The predicted octanol–water partition coefficient (Wildman–Crippen LogP) is 2.30. The van der Waals surface area contributed by atoms with Crippen LogP contribution in [-0.4, -0.2) is 59.2 Å². The highest BCUT2D eigenvalue weighted by molar-refractivity contribution is 5.53. The first-order valence-electron chi connectivity index (χ1n) is 10.6. The molecule has 0 radical (unpaired) electrons. The molecule has 2 saturated heterocycles. The summed E-state index contributed by atoms with van der Waals surface area (Å²) in [6.07, 6.45) is 5.95. The minimum atomic E-state index is 0.880. The first kappa shape index (κ1) is 17.6. The standard InChI is InChI=1S/C21H29N7/c1-15-14-19(26-8-3-4-9-26)25-21(22-15)28-12-10-27(11-13-28)20-17-6-5-7-18(17)23-16(2)24-20/h14H,3-13H2,1-2H3. The number of nitrogens with zero attached hydrogens (tertiary/aromatic N) is 7. The van der Waals surface area contributed by atoms with Crippen molar-refractivity contribution in [2.24, 2.45) is 0 Å². The summed E-state index contributed by atoms with van der Waals surface area (Å²) in [5, 5.41) is 0. The topological polar surface area (TPSA) is 61.3 Å². The highest BCUT2D eigenvalue weighted by Gasteiger charge is 2.26. The van der Waals surface area contributed by atoms with Gasteiger partial charge in [0, 0.05) is 62.3 Å². The fourth-order valence-corrected chi connectivity index (χ4v) is 4.70. The molecule has 0 unspecified atom stereocenters. The van der Waals surface area contributed by atoms with Crippen LogP contribution in [0.25, 0.3) is 0 Å². The van der Waals surface area contributed by atoms with E-state index in [4.69, 9.17) is 15.0 Å². The van der Waals surface area contributed by atoms with E-state index < -0.39 is 0 Å². The number of piperazine rings is 1. The zero-order chi connectivity index (χ0) is 19.1. The van der Waals surface area contributed by atoms with Crippen LogP contribution in [0.2, 0.25) is 0 Å². The van der Waals surface area contributed by atoms with Gasteiger partial charge >= 0.3 is 0 Å². The summed E-state index contributed by atoms with van der Waals surface area (Å²) in [7, 11) is 0. The molecular formula is C21H29N7. The Kier molecular flexibility index (Phi) is 4.53. The summed E-state index contributed by atoms with van der Waals surface area (Å²) in [5.74, 6) is 4.04. The van der Waals surface area contributed by atoms with Crippen LogP contribution in [-0.2, 0) is 12.8 Å². The Morgan fingerprint density at radius 2 is 1.46 bits per heavy atom. The fourth-order valence-electron chi connectivity index (χ4n) is 4.70. The Hall–Kier alpha value is -2.44. The van der Waals surface area contributed by atoms with E-state index in [0.717, 1.165) is 75.4 Å². The molecule has 0 saturated carbocycles. The lowest BCUT2D eigenvalue weighted by atomic mass is 10.2. The third-order valence-electron chi connectivity index (χ3n) is 6.14. The highest BCUT2D eigenvalue weighted by atomic mass is 15.4. The number of aromatic nitrogens is 4. The van der Waals surface area contributed by atoms with E-state index in [9.17, 15) is 0 Å². The SMILES string of the molecule is Cc1cc(N2CCCC2)nc(N2CCN(c3nc(C)nc4c3CCC4)CC2)n1. The van der Waals surface area contributed by atoms with E-state index in [2.05, 4.69) is 32.7 Å². The average molecular weight is 380 g/mol. The lowest BCUT2D eigenvalue weighted by Gasteiger charge is -2.36. The molecule has 0 aromatic carbocycles. The third kappa shape index (κ3) is 3.27. The zero-order valence-corrected chi connectivity index (χ0v) is 17.0. The normalized spacial score (nSPS) is 19.4. The van der Waals surface area contributed by atoms with Gasteiger partial charge in [-0.3, -0.25) is 0 Å². The monoisotopic (exact) mass is 379 g/mol. The van der Waals surface area contributed by atoms with Crippen molar-refractivity contribution in [2.45, 2.75) is 46.0 Å². The molecule has 2 aromatic rings. The van der Waals surface area contributed by atoms with E-state index in [0.29, 0.717) is 0 Å². The van der Waals surface area contributed by atoms with E-state index in [-0.39, 0.29) is 0 Å². The molecule has 2 aliphatic heterocycles. The Morgan fingerprint density at radius 1 is 0.714 bits per heavy atom. The van der Waals surface area contributed by atoms with Crippen LogP contribution in [0.5, 0.6) is 0 Å². The Labute approximate surface area is 166 Å². The molecule has 5 rings (SSSR count). The summed E-state index contributed by atoms with van der Waals surface area (Å²) in [5.41, 5.74) is 3.70. The zero-order valence-electron chi connectivity index (χ0n) is 17.0. The molecule has 2 fully saturated rings. The Bertz CT molecular complexity index is 867. The lowest BCUT2D eigenvalue weighted by Crippen LogP contribution is -2.48. The van der Waals surface area contributed by atoms with E-state index in [1.54, 1.807) is 0 Å². The molecule has 0 N–H and O–H groups in total. The van der Waals surface area contributed by atoms with E-state index in [1.165, 1.54) is 36.3 Å². The number of anilines is 3. The van der Waals surface area contributed by atoms with Crippen LogP contribution in [0.4, 0.5) is 17.6 Å². The number of aryl methyl sites for hydroxylation is 3. The van der Waals surface area contributed by atoms with Gasteiger partial charge in [0.1, 0.15) is 17.5 Å². The Balaban J connectivity index is 1.33. The number of hydrogen-bond acceptors (Lipinski definition) is 7. The number of rotatable bonds is 3. The summed E-state index contributed by atoms with van der Waals surface area (Å²) in [4.78, 5) is 26.3. The van der Waals surface area contributed by atoms with Gasteiger partial charge in [-0.25, -0.2) is 15.0 Å². The minimum Gasteiger partial charge on any atom is -0.356 e. The second kappa shape index (κ2) is 7.18. The second-order valence-electron chi connectivity index (χ2n) is 8.21. The van der Waals surface area contributed by atoms with Crippen LogP contribution in [0.1, 0.15) is 42.0 Å². The average Bonchev–Trinajstić information content (AvgIpc) is 3.39. The molecule has 2 aromatic heterocycles. The van der Waals surface area contributed by atoms with Crippen LogP contribution in [0.3, 0.4) is 0 Å². The van der Waals surface area contributed by atoms with Crippen molar-refractivity contribution in [1.29, 1.82) is 0 Å². The summed E-state index contributed by atoms with van der Waals surface area (Å²) >= 11 is 0. The molecule has 7 nitrogen and oxygen atoms in total. The first-order valence-corrected chi connectivity index (χ1v) is 10.6. The van der Waals surface area contributed by atoms with Gasteiger partial charge in [0.2, 0.25) is 5.95 Å². The molecule has 0 bridgehead atoms. The molecule has 3 aliphatic rings. The maximum absolute atomic E-state index is 4.91. The molecular weight excluding hydrogens is 350 g/mol. The molecule has 0 atom stereocenters. The van der Waals surface area contributed by atoms with Gasteiger partial charge in [0.05, 0.1) is 0 Å². The fraction of sp³-hybridized carbons (Fsp3) is 0.619. The summed E-state index contributed by atoms with van der Waals surface area (Å²) < 4.78 is 0. The van der Waals surface area contributed by atoms with Crippen LogP contribution in [0, 0.1) is 13.8 Å². The molecule has 1 aliphatic carbocycles. The lowest BCUT2D eigenvalue weighted by molar-refractivity contribution is 0.629. The number of fused-ring (bicyclic) bond motifs is 1. The van der Waals surface area contributed by atoms with Gasteiger partial charge in [-0.05, 0) is 46.0 Å². The predicted molar refractivity (Wildman–Crippen MR) is 111 cm³/mol. The quantitative estimate of drug-likeness (QED) is 0.811. The van der Waals surface area contributed by atoms with Crippen molar-refractivity contribution in [3.05, 3.63) is 28.8 Å². The van der Waals surface area contributed by atoms with Gasteiger partial charge in [-0.2, -0.15) is 4.98 Å². The van der Waals surface area contributed by atoms with Crippen molar-refractivity contribution in [3.63, 3.8) is 0 Å². The van der Waals surface area contributed by atoms with Crippen molar-refractivity contribution < 1.29 is 0 Å². The third-order valence-corrected chi connectivity index (χ3v) is 6.14. The van der Waals surface area contributed by atoms with Crippen LogP contribution in [0.15, 0.2) is 6.07 Å². The van der Waals surface area contributed by atoms with Crippen molar-refractivity contribution in [3.8, 4) is 0 Å². The van der Waals surface area contributed by atoms with Crippen molar-refractivity contribution in [1.82, 2.24) is 19.9 Å². The van der Waals surface area contributed by atoms with Gasteiger partial charge < -0.3 is 14.7 Å². The van der Waals surface area contributed by atoms with Crippen LogP contribution >= 0.6 is 0 Å². The highest BCUT2D eigenvalue weighted by Crippen LogP contribution is 2.30. The molecule has 4 heterocycles.